The zero-order chi connectivity index (χ0) is 24.1. The van der Waals surface area contributed by atoms with E-state index in [4.69, 9.17) is 18.7 Å². The summed E-state index contributed by atoms with van der Waals surface area (Å²) < 4.78 is 21.2. The lowest BCUT2D eigenvalue weighted by molar-refractivity contribution is -0.135. The molecule has 2 aromatic carbocycles. The first-order chi connectivity index (χ1) is 16.5. The number of methoxy groups -OCH3 is 3. The summed E-state index contributed by atoms with van der Waals surface area (Å²) in [5, 5.41) is 12.1. The molecular formula is C23H23N5O6. The Morgan fingerprint density at radius 2 is 1.76 bits per heavy atom. The van der Waals surface area contributed by atoms with Gasteiger partial charge in [0.2, 0.25) is 23.4 Å². The van der Waals surface area contributed by atoms with Gasteiger partial charge in [-0.05, 0) is 0 Å². The Labute approximate surface area is 195 Å². The van der Waals surface area contributed by atoms with Crippen molar-refractivity contribution in [1.29, 1.82) is 0 Å². The van der Waals surface area contributed by atoms with E-state index in [1.54, 1.807) is 12.1 Å². The lowest BCUT2D eigenvalue weighted by Gasteiger charge is -2.22. The third-order valence-corrected chi connectivity index (χ3v) is 5.05. The van der Waals surface area contributed by atoms with Gasteiger partial charge in [0.15, 0.2) is 11.5 Å². The molecule has 0 aliphatic carbocycles. The first kappa shape index (κ1) is 22.8. The maximum Gasteiger partial charge on any atom is 0.274 e. The van der Waals surface area contributed by atoms with Gasteiger partial charge in [0, 0.05) is 36.2 Å². The van der Waals surface area contributed by atoms with E-state index in [0.29, 0.717) is 40.9 Å². The Morgan fingerprint density at radius 1 is 1.06 bits per heavy atom. The predicted molar refractivity (Wildman–Crippen MR) is 122 cm³/mol. The van der Waals surface area contributed by atoms with E-state index in [9.17, 15) is 9.59 Å². The third-order valence-electron chi connectivity index (χ3n) is 5.05. The van der Waals surface area contributed by atoms with Crippen LogP contribution in [0.4, 0.5) is 5.69 Å². The Hall–Kier alpha value is -4.41. The smallest absolute Gasteiger partial charge is 0.274 e. The van der Waals surface area contributed by atoms with Crippen molar-refractivity contribution in [3.05, 3.63) is 48.4 Å². The van der Waals surface area contributed by atoms with Crippen molar-refractivity contribution in [2.24, 2.45) is 5.10 Å². The third kappa shape index (κ3) is 4.82. The molecule has 11 nitrogen and oxygen atoms in total. The van der Waals surface area contributed by atoms with Crippen molar-refractivity contribution in [2.45, 2.75) is 12.8 Å². The first-order valence-electron chi connectivity index (χ1n) is 10.4. The Kier molecular flexibility index (Phi) is 6.72. The fraction of sp³-hybridized carbons (Fsp3) is 0.261. The largest absolute Gasteiger partial charge is 0.493 e. The molecule has 4 rings (SSSR count). The van der Waals surface area contributed by atoms with Gasteiger partial charge in [-0.25, -0.2) is 5.01 Å². The topological polar surface area (TPSA) is 128 Å². The summed E-state index contributed by atoms with van der Waals surface area (Å²) in [6.45, 7) is -0.293. The average molecular weight is 465 g/mol. The van der Waals surface area contributed by atoms with E-state index in [-0.39, 0.29) is 24.8 Å². The Morgan fingerprint density at radius 3 is 2.41 bits per heavy atom. The maximum absolute atomic E-state index is 12.7. The monoisotopic (exact) mass is 465 g/mol. The normalized spacial score (nSPS) is 13.3. The number of carbonyl (C=O) groups is 2. The number of hydrogen-bond acceptors (Lipinski definition) is 9. The van der Waals surface area contributed by atoms with Crippen molar-refractivity contribution in [3.8, 4) is 28.6 Å². The second kappa shape index (κ2) is 10.0. The molecule has 0 bridgehead atoms. The van der Waals surface area contributed by atoms with Crippen LogP contribution in [0, 0.1) is 0 Å². The van der Waals surface area contributed by atoms with Crippen LogP contribution < -0.4 is 19.5 Å². The van der Waals surface area contributed by atoms with Crippen molar-refractivity contribution in [2.75, 3.05) is 33.2 Å². The van der Waals surface area contributed by atoms with E-state index in [1.165, 1.54) is 21.3 Å². The van der Waals surface area contributed by atoms with Crippen LogP contribution in [-0.4, -0.2) is 60.5 Å². The number of rotatable bonds is 8. The van der Waals surface area contributed by atoms with Crippen molar-refractivity contribution < 1.29 is 28.3 Å². The first-order valence-corrected chi connectivity index (χ1v) is 10.4. The van der Waals surface area contributed by atoms with E-state index in [1.807, 2.05) is 30.3 Å². The number of hydrogen-bond donors (Lipinski definition) is 1. The molecule has 1 aliphatic rings. The summed E-state index contributed by atoms with van der Waals surface area (Å²) in [5.41, 5.74) is 1.65. The highest BCUT2D eigenvalue weighted by Gasteiger charge is 2.26. The maximum atomic E-state index is 12.7. The molecule has 3 aromatic rings. The molecule has 176 valence electrons. The molecule has 1 aliphatic heterocycles. The van der Waals surface area contributed by atoms with Crippen molar-refractivity contribution >= 4 is 23.2 Å². The number of aromatic nitrogens is 2. The van der Waals surface area contributed by atoms with Crippen LogP contribution in [0.5, 0.6) is 17.2 Å². The number of nitrogens with one attached hydrogen (secondary N) is 1. The SMILES string of the molecule is COc1cc(NC(=O)CN2N=C(c3nc(-c4ccccc4)no3)CCC2=O)cc(OC)c1OC. The van der Waals surface area contributed by atoms with E-state index < -0.39 is 5.91 Å². The second-order valence-electron chi connectivity index (χ2n) is 7.25. The quantitative estimate of drug-likeness (QED) is 0.538. The molecule has 0 radical (unpaired) electrons. The van der Waals surface area contributed by atoms with E-state index >= 15 is 0 Å². The van der Waals surface area contributed by atoms with Crippen LogP contribution in [0.3, 0.4) is 0 Å². The molecule has 0 unspecified atom stereocenters. The molecule has 0 spiro atoms. The number of hydrazone groups is 1. The molecule has 0 saturated heterocycles. The summed E-state index contributed by atoms with van der Waals surface area (Å²) >= 11 is 0. The molecule has 0 saturated carbocycles. The minimum absolute atomic E-state index is 0.166. The minimum Gasteiger partial charge on any atom is -0.493 e. The number of carbonyl (C=O) groups excluding carboxylic acids is 2. The number of ether oxygens (including phenoxy) is 3. The minimum atomic E-state index is -0.455. The lowest BCUT2D eigenvalue weighted by atomic mass is 10.1. The molecule has 34 heavy (non-hydrogen) atoms. The molecule has 1 aromatic heterocycles. The number of amides is 2. The van der Waals surface area contributed by atoms with Gasteiger partial charge in [-0.15, -0.1) is 0 Å². The predicted octanol–water partition coefficient (Wildman–Crippen LogP) is 2.73. The number of anilines is 1. The van der Waals surface area contributed by atoms with Gasteiger partial charge in [-0.1, -0.05) is 35.5 Å². The van der Waals surface area contributed by atoms with Gasteiger partial charge in [-0.2, -0.15) is 10.1 Å². The van der Waals surface area contributed by atoms with Crippen LogP contribution >= 0.6 is 0 Å². The molecule has 0 atom stereocenters. The molecule has 1 N–H and O–H groups in total. The second-order valence-corrected chi connectivity index (χ2v) is 7.25. The van der Waals surface area contributed by atoms with E-state index in [2.05, 4.69) is 20.6 Å². The van der Waals surface area contributed by atoms with Gasteiger partial charge >= 0.3 is 0 Å². The molecule has 11 heteroatoms. The summed E-state index contributed by atoms with van der Waals surface area (Å²) in [7, 11) is 4.45. The van der Waals surface area contributed by atoms with Gasteiger partial charge in [-0.3, -0.25) is 9.59 Å². The highest BCUT2D eigenvalue weighted by Crippen LogP contribution is 2.39. The number of benzene rings is 2. The van der Waals surface area contributed by atoms with Crippen molar-refractivity contribution in [3.63, 3.8) is 0 Å². The van der Waals surface area contributed by atoms with Crippen molar-refractivity contribution in [1.82, 2.24) is 15.1 Å². The highest BCUT2D eigenvalue weighted by molar-refractivity contribution is 6.02. The van der Waals surface area contributed by atoms with Crippen LogP contribution in [0.2, 0.25) is 0 Å². The van der Waals surface area contributed by atoms with Gasteiger partial charge in [0.05, 0.1) is 21.3 Å². The van der Waals surface area contributed by atoms with Crippen LogP contribution in [0.1, 0.15) is 18.7 Å². The summed E-state index contributed by atoms with van der Waals surface area (Å²) in [5.74, 6) is 1.06. The Bertz CT molecular complexity index is 1200. The lowest BCUT2D eigenvalue weighted by Crippen LogP contribution is -2.38. The van der Waals surface area contributed by atoms with Gasteiger partial charge in [0.1, 0.15) is 12.3 Å². The summed E-state index contributed by atoms with van der Waals surface area (Å²) in [6.07, 6.45) is 0.500. The number of nitrogens with zero attached hydrogens (tertiary/aromatic N) is 4. The molecule has 2 heterocycles. The fourth-order valence-electron chi connectivity index (χ4n) is 3.41. The van der Waals surface area contributed by atoms with Gasteiger partial charge < -0.3 is 24.1 Å². The molecule has 0 fully saturated rings. The summed E-state index contributed by atoms with van der Waals surface area (Å²) in [4.78, 5) is 29.4. The standard InChI is InChI=1S/C23H23N5O6/c1-31-17-11-15(12-18(32-2)21(17)33-3)24-19(29)13-28-20(30)10-9-16(26-28)23-25-22(27-34-23)14-7-5-4-6-8-14/h4-8,11-12H,9-10,13H2,1-3H3,(H,24,29). The Balaban J connectivity index is 1.49. The fourth-order valence-corrected chi connectivity index (χ4v) is 3.41. The zero-order valence-electron chi connectivity index (χ0n) is 18.9. The van der Waals surface area contributed by atoms with Gasteiger partial charge in [0.25, 0.3) is 5.89 Å². The van der Waals surface area contributed by atoms with E-state index in [0.717, 1.165) is 10.6 Å². The summed E-state index contributed by atoms with van der Waals surface area (Å²) in [6, 6.07) is 12.5. The molecular weight excluding hydrogens is 442 g/mol. The van der Waals surface area contributed by atoms with Crippen LogP contribution in [0.15, 0.2) is 52.1 Å². The molecule has 2 amide bonds. The van der Waals surface area contributed by atoms with Crippen LogP contribution in [-0.2, 0) is 9.59 Å². The average Bonchev–Trinajstić information content (AvgIpc) is 3.35. The zero-order valence-corrected chi connectivity index (χ0v) is 18.9. The van der Waals surface area contributed by atoms with Crippen LogP contribution in [0.25, 0.3) is 11.4 Å². The highest BCUT2D eigenvalue weighted by atomic mass is 16.5.